The Morgan fingerprint density at radius 1 is 1.15 bits per heavy atom. The van der Waals surface area contributed by atoms with Crippen LogP contribution in [0.1, 0.15) is 18.2 Å². The van der Waals surface area contributed by atoms with E-state index in [0.717, 1.165) is 30.0 Å². The molecular formula is C19H28IN3O2S. The largest absolute Gasteiger partial charge is 0.469 e. The number of thioether (sulfide) groups is 1. The van der Waals surface area contributed by atoms with Gasteiger partial charge in [0, 0.05) is 25.3 Å². The van der Waals surface area contributed by atoms with Crippen LogP contribution in [0.2, 0.25) is 0 Å². The van der Waals surface area contributed by atoms with Crippen LogP contribution in [0.5, 0.6) is 0 Å². The number of furan rings is 1. The van der Waals surface area contributed by atoms with Crippen LogP contribution in [0.15, 0.2) is 58.1 Å². The molecular weight excluding hydrogens is 461 g/mol. The molecule has 0 radical (unpaired) electrons. The second-order valence-electron chi connectivity index (χ2n) is 5.98. The van der Waals surface area contributed by atoms with Crippen LogP contribution in [0.25, 0.3) is 0 Å². The predicted octanol–water partition coefficient (Wildman–Crippen LogP) is 3.25. The maximum Gasteiger partial charge on any atom is 0.191 e. The fourth-order valence-corrected chi connectivity index (χ4v) is 2.63. The van der Waals surface area contributed by atoms with Crippen LogP contribution < -0.4 is 10.6 Å². The van der Waals surface area contributed by atoms with Gasteiger partial charge in [-0.1, -0.05) is 30.3 Å². The quantitative estimate of drug-likeness (QED) is 0.219. The third kappa shape index (κ3) is 8.01. The van der Waals surface area contributed by atoms with Crippen molar-refractivity contribution in [3.05, 3.63) is 60.1 Å². The second kappa shape index (κ2) is 12.2. The monoisotopic (exact) mass is 489 g/mol. The zero-order valence-electron chi connectivity index (χ0n) is 15.3. The average molecular weight is 489 g/mol. The molecule has 0 aliphatic heterocycles. The molecule has 0 saturated heterocycles. The molecule has 144 valence electrons. The van der Waals surface area contributed by atoms with Crippen LogP contribution in [-0.4, -0.2) is 42.7 Å². The van der Waals surface area contributed by atoms with Gasteiger partial charge in [-0.15, -0.1) is 24.0 Å². The zero-order chi connectivity index (χ0) is 18.0. The summed E-state index contributed by atoms with van der Waals surface area (Å²) in [6.07, 6.45) is 4.53. The number of rotatable bonds is 9. The third-order valence-electron chi connectivity index (χ3n) is 3.78. The van der Waals surface area contributed by atoms with E-state index in [1.807, 2.05) is 42.5 Å². The Balaban J connectivity index is 0.00000338. The lowest BCUT2D eigenvalue weighted by molar-refractivity contribution is 0.0672. The molecule has 5 nitrogen and oxygen atoms in total. The molecule has 0 spiro atoms. The summed E-state index contributed by atoms with van der Waals surface area (Å²) in [6.45, 7) is 3.61. The summed E-state index contributed by atoms with van der Waals surface area (Å²) < 4.78 is 5.34. The molecule has 0 aliphatic rings. The maximum absolute atomic E-state index is 10.7. The van der Waals surface area contributed by atoms with E-state index in [2.05, 4.69) is 21.9 Å². The molecule has 0 bridgehead atoms. The first-order valence-electron chi connectivity index (χ1n) is 8.43. The number of hydrogen-bond acceptors (Lipinski definition) is 4. The average Bonchev–Trinajstić information content (AvgIpc) is 3.13. The number of nitrogens with one attached hydrogen (secondary N) is 2. The molecule has 2 aromatic rings. The summed E-state index contributed by atoms with van der Waals surface area (Å²) in [6, 6.07) is 13.5. The minimum Gasteiger partial charge on any atom is -0.469 e. The minimum absolute atomic E-state index is 0. The molecule has 1 atom stereocenters. The minimum atomic E-state index is -1.00. The molecule has 1 unspecified atom stereocenters. The van der Waals surface area contributed by atoms with Crippen LogP contribution >= 0.6 is 35.7 Å². The Morgan fingerprint density at radius 2 is 1.88 bits per heavy atom. The molecule has 0 aliphatic carbocycles. The SMILES string of the molecule is CSCCNC(=NCC(C)(O)c1ccccc1)NCCc1ccco1.I. The first kappa shape index (κ1) is 22.9. The van der Waals surface area contributed by atoms with Crippen molar-refractivity contribution in [2.24, 2.45) is 4.99 Å². The highest BCUT2D eigenvalue weighted by Gasteiger charge is 2.22. The van der Waals surface area contributed by atoms with E-state index in [4.69, 9.17) is 4.42 Å². The molecule has 0 fully saturated rings. The topological polar surface area (TPSA) is 69.8 Å². The van der Waals surface area contributed by atoms with Crippen molar-refractivity contribution in [3.63, 3.8) is 0 Å². The van der Waals surface area contributed by atoms with Gasteiger partial charge in [-0.25, -0.2) is 4.99 Å². The fraction of sp³-hybridized carbons (Fsp3) is 0.421. The van der Waals surface area contributed by atoms with E-state index in [-0.39, 0.29) is 30.5 Å². The molecule has 1 aromatic carbocycles. The standard InChI is InChI=1S/C19H27N3O2S.HI/c1-19(23,16-7-4-3-5-8-16)15-22-18(21-12-14-25-2)20-11-10-17-9-6-13-24-17;/h3-9,13,23H,10-12,14-15H2,1-2H3,(H2,20,21,22);1H. The van der Waals surface area contributed by atoms with Crippen molar-refractivity contribution >= 4 is 41.7 Å². The molecule has 2 rings (SSSR count). The highest BCUT2D eigenvalue weighted by atomic mass is 127. The predicted molar refractivity (Wildman–Crippen MR) is 121 cm³/mol. The first-order valence-corrected chi connectivity index (χ1v) is 9.82. The first-order chi connectivity index (χ1) is 12.1. The summed E-state index contributed by atoms with van der Waals surface area (Å²) in [5.74, 6) is 2.64. The van der Waals surface area contributed by atoms with Crippen molar-refractivity contribution in [1.82, 2.24) is 10.6 Å². The Hall–Kier alpha value is -1.19. The molecule has 1 aromatic heterocycles. The summed E-state index contributed by atoms with van der Waals surface area (Å²) in [4.78, 5) is 4.57. The maximum atomic E-state index is 10.7. The Morgan fingerprint density at radius 3 is 2.54 bits per heavy atom. The molecule has 3 N–H and O–H groups in total. The van der Waals surface area contributed by atoms with Crippen molar-refractivity contribution in [2.45, 2.75) is 18.9 Å². The van der Waals surface area contributed by atoms with Gasteiger partial charge in [-0.05, 0) is 30.9 Å². The normalized spacial score (nSPS) is 13.6. The van der Waals surface area contributed by atoms with E-state index in [9.17, 15) is 5.11 Å². The van der Waals surface area contributed by atoms with Crippen LogP contribution in [0.4, 0.5) is 0 Å². The van der Waals surface area contributed by atoms with Gasteiger partial charge < -0.3 is 20.2 Å². The number of halogens is 1. The molecule has 0 amide bonds. The zero-order valence-corrected chi connectivity index (χ0v) is 18.4. The molecule has 7 heteroatoms. The summed E-state index contributed by atoms with van der Waals surface area (Å²) >= 11 is 1.78. The van der Waals surface area contributed by atoms with E-state index in [1.54, 1.807) is 24.9 Å². The van der Waals surface area contributed by atoms with Crippen molar-refractivity contribution in [2.75, 3.05) is 31.6 Å². The lowest BCUT2D eigenvalue weighted by Gasteiger charge is -2.22. The lowest BCUT2D eigenvalue weighted by Crippen LogP contribution is -2.40. The van der Waals surface area contributed by atoms with Crippen molar-refractivity contribution < 1.29 is 9.52 Å². The van der Waals surface area contributed by atoms with Gasteiger partial charge in [0.15, 0.2) is 5.96 Å². The summed E-state index contributed by atoms with van der Waals surface area (Å²) in [5.41, 5.74) is -0.145. The van der Waals surface area contributed by atoms with Gasteiger partial charge in [0.2, 0.25) is 0 Å². The van der Waals surface area contributed by atoms with Crippen LogP contribution in [0, 0.1) is 0 Å². The smallest absolute Gasteiger partial charge is 0.191 e. The van der Waals surface area contributed by atoms with Crippen LogP contribution in [0.3, 0.4) is 0 Å². The number of guanidine groups is 1. The van der Waals surface area contributed by atoms with Crippen LogP contribution in [-0.2, 0) is 12.0 Å². The van der Waals surface area contributed by atoms with Gasteiger partial charge in [0.05, 0.1) is 12.8 Å². The van der Waals surface area contributed by atoms with E-state index in [0.29, 0.717) is 12.5 Å². The van der Waals surface area contributed by atoms with Crippen molar-refractivity contribution in [1.29, 1.82) is 0 Å². The Labute approximate surface area is 177 Å². The number of hydrogen-bond donors (Lipinski definition) is 3. The van der Waals surface area contributed by atoms with E-state index >= 15 is 0 Å². The fourth-order valence-electron chi connectivity index (χ4n) is 2.33. The third-order valence-corrected chi connectivity index (χ3v) is 4.40. The van der Waals surface area contributed by atoms with Gasteiger partial charge in [-0.3, -0.25) is 0 Å². The van der Waals surface area contributed by atoms with Gasteiger partial charge in [-0.2, -0.15) is 11.8 Å². The van der Waals surface area contributed by atoms with Crippen molar-refractivity contribution in [3.8, 4) is 0 Å². The number of nitrogens with zero attached hydrogens (tertiary/aromatic N) is 1. The van der Waals surface area contributed by atoms with E-state index < -0.39 is 5.60 Å². The summed E-state index contributed by atoms with van der Waals surface area (Å²) in [7, 11) is 0. The number of aliphatic hydroxyl groups is 1. The highest BCUT2D eigenvalue weighted by molar-refractivity contribution is 14.0. The Kier molecular flexibility index (Phi) is 10.8. The molecule has 1 heterocycles. The van der Waals surface area contributed by atoms with E-state index in [1.165, 1.54) is 0 Å². The molecule has 0 saturated carbocycles. The van der Waals surface area contributed by atoms with Gasteiger partial charge >= 0.3 is 0 Å². The second-order valence-corrected chi connectivity index (χ2v) is 6.97. The Bertz CT molecular complexity index is 633. The highest BCUT2D eigenvalue weighted by Crippen LogP contribution is 2.20. The van der Waals surface area contributed by atoms with Gasteiger partial charge in [0.1, 0.15) is 11.4 Å². The molecule has 26 heavy (non-hydrogen) atoms. The number of aliphatic imine (C=N–C) groups is 1. The number of benzene rings is 1. The van der Waals surface area contributed by atoms with Gasteiger partial charge in [0.25, 0.3) is 0 Å². The lowest BCUT2D eigenvalue weighted by atomic mass is 9.96. The summed E-state index contributed by atoms with van der Waals surface area (Å²) in [5, 5.41) is 17.3.